The van der Waals surface area contributed by atoms with Crippen LogP contribution in [0.5, 0.6) is 5.75 Å². The maximum Gasteiger partial charge on any atom is 0.254 e. The lowest BCUT2D eigenvalue weighted by molar-refractivity contribution is 0.321. The molecule has 0 spiro atoms. The number of rotatable bonds is 9. The van der Waals surface area contributed by atoms with E-state index in [9.17, 15) is 4.79 Å². The van der Waals surface area contributed by atoms with Gasteiger partial charge in [0.25, 0.3) is 5.56 Å². The first kappa shape index (κ1) is 21.7. The number of nitrogens with one attached hydrogen (secondary N) is 1. The second-order valence-corrected chi connectivity index (χ2v) is 9.29. The van der Waals surface area contributed by atoms with Crippen LogP contribution in [0, 0.1) is 6.92 Å². The molecule has 0 aliphatic carbocycles. The fourth-order valence-corrected chi connectivity index (χ4v) is 4.82. The highest BCUT2D eigenvalue weighted by Crippen LogP contribution is 2.22. The van der Waals surface area contributed by atoms with Gasteiger partial charge in [0.2, 0.25) is 0 Å². The topological polar surface area (TPSA) is 46.5 Å². The van der Waals surface area contributed by atoms with Crippen molar-refractivity contribution in [1.82, 2.24) is 9.47 Å². The summed E-state index contributed by atoms with van der Waals surface area (Å²) in [6, 6.07) is 14.5. The summed E-state index contributed by atoms with van der Waals surface area (Å²) in [7, 11) is 2.20. The summed E-state index contributed by atoms with van der Waals surface area (Å²) in [5, 5.41) is 5.69. The molecule has 1 fully saturated rings. The summed E-state index contributed by atoms with van der Waals surface area (Å²) >= 11 is 1.72. The molecule has 3 heterocycles. The molecule has 164 valence electrons. The molecule has 6 heteroatoms. The third-order valence-corrected chi connectivity index (χ3v) is 7.09. The summed E-state index contributed by atoms with van der Waals surface area (Å²) in [5.74, 6) is 0.630. The van der Waals surface area contributed by atoms with Crippen molar-refractivity contribution in [3.63, 3.8) is 0 Å². The van der Waals surface area contributed by atoms with Crippen LogP contribution < -0.4 is 15.6 Å². The van der Waals surface area contributed by atoms with Gasteiger partial charge in [0.05, 0.1) is 13.2 Å². The first-order valence-corrected chi connectivity index (χ1v) is 11.9. The normalized spacial score (nSPS) is 16.5. The smallest absolute Gasteiger partial charge is 0.254 e. The Morgan fingerprint density at radius 1 is 1.23 bits per heavy atom. The molecule has 3 aromatic rings. The largest absolute Gasteiger partial charge is 0.493 e. The number of nitrogens with zero attached hydrogens (tertiary/aromatic N) is 2. The monoisotopic (exact) mass is 437 g/mol. The van der Waals surface area contributed by atoms with Gasteiger partial charge in [0, 0.05) is 41.8 Å². The second-order valence-electron chi connectivity index (χ2n) is 8.25. The fourth-order valence-electron chi connectivity index (χ4n) is 4.13. The lowest BCUT2D eigenvalue weighted by atomic mass is 10.1. The van der Waals surface area contributed by atoms with Crippen molar-refractivity contribution in [2.45, 2.75) is 38.8 Å². The number of aromatic nitrogens is 1. The molecule has 1 aromatic carbocycles. The first-order chi connectivity index (χ1) is 15.1. The molecule has 4 rings (SSSR count). The van der Waals surface area contributed by atoms with Crippen molar-refractivity contribution in [3.8, 4) is 5.75 Å². The number of pyridine rings is 1. The molecular formula is C25H31N3O2S. The highest BCUT2D eigenvalue weighted by atomic mass is 32.1. The lowest BCUT2D eigenvalue weighted by Gasteiger charge is -2.21. The molecule has 1 aliphatic heterocycles. The van der Waals surface area contributed by atoms with Gasteiger partial charge in [-0.25, -0.2) is 0 Å². The first-order valence-electron chi connectivity index (χ1n) is 11.0. The third-order valence-electron chi connectivity index (χ3n) is 6.15. The fraction of sp³-hybridized carbons (Fsp3) is 0.400. The maximum absolute atomic E-state index is 12.6. The molecular weight excluding hydrogens is 406 g/mol. The second kappa shape index (κ2) is 10.2. The van der Waals surface area contributed by atoms with Crippen LogP contribution in [0.2, 0.25) is 0 Å². The Balaban J connectivity index is 1.37. The van der Waals surface area contributed by atoms with Crippen LogP contribution in [0.15, 0.2) is 58.8 Å². The number of likely N-dealkylation sites (N-methyl/N-ethyl adjacent to an activating group) is 1. The van der Waals surface area contributed by atoms with Crippen molar-refractivity contribution in [2.75, 3.05) is 32.1 Å². The molecule has 31 heavy (non-hydrogen) atoms. The Morgan fingerprint density at radius 2 is 2.13 bits per heavy atom. The summed E-state index contributed by atoms with van der Waals surface area (Å²) in [4.78, 5) is 16.3. The minimum atomic E-state index is -0.0426. The van der Waals surface area contributed by atoms with Gasteiger partial charge in [-0.3, -0.25) is 4.79 Å². The van der Waals surface area contributed by atoms with Gasteiger partial charge in [0.1, 0.15) is 5.75 Å². The van der Waals surface area contributed by atoms with Crippen molar-refractivity contribution < 1.29 is 4.74 Å². The summed E-state index contributed by atoms with van der Waals surface area (Å²) in [6.07, 6.45) is 5.21. The van der Waals surface area contributed by atoms with Gasteiger partial charge in [0.15, 0.2) is 0 Å². The Morgan fingerprint density at radius 3 is 2.87 bits per heavy atom. The van der Waals surface area contributed by atoms with Gasteiger partial charge < -0.3 is 19.5 Å². The maximum atomic E-state index is 12.6. The van der Waals surface area contributed by atoms with E-state index < -0.39 is 0 Å². The molecule has 0 saturated carbocycles. The standard InChI is InChI=1S/C25H31N3O2S/c1-19-20(6-3-9-24(19)26-17-21-7-4-12-27(21)2)18-28-13-10-22(16-25(28)29)30-14-11-23-8-5-15-31-23/h3,5-6,8-10,13,15-16,21,26H,4,7,11-12,14,17-18H2,1-2H3. The molecule has 5 nitrogen and oxygen atoms in total. The van der Waals surface area contributed by atoms with E-state index in [0.29, 0.717) is 24.9 Å². The predicted molar refractivity (Wildman–Crippen MR) is 129 cm³/mol. The van der Waals surface area contributed by atoms with Crippen molar-refractivity contribution in [3.05, 3.63) is 80.4 Å². The van der Waals surface area contributed by atoms with E-state index in [1.54, 1.807) is 22.0 Å². The van der Waals surface area contributed by atoms with Crippen LogP contribution >= 0.6 is 11.3 Å². The highest BCUT2D eigenvalue weighted by Gasteiger charge is 2.20. The van der Waals surface area contributed by atoms with E-state index in [1.165, 1.54) is 29.8 Å². The van der Waals surface area contributed by atoms with E-state index >= 15 is 0 Å². The zero-order valence-electron chi connectivity index (χ0n) is 18.3. The van der Waals surface area contributed by atoms with Gasteiger partial charge >= 0.3 is 0 Å². The number of likely N-dealkylation sites (tertiary alicyclic amines) is 1. The third kappa shape index (κ3) is 5.57. The lowest BCUT2D eigenvalue weighted by Crippen LogP contribution is -2.31. The van der Waals surface area contributed by atoms with E-state index in [1.807, 2.05) is 18.3 Å². The van der Waals surface area contributed by atoms with Crippen LogP contribution in [-0.2, 0) is 13.0 Å². The molecule has 1 unspecified atom stereocenters. The van der Waals surface area contributed by atoms with Crippen LogP contribution in [-0.4, -0.2) is 42.3 Å². The Bertz CT molecular complexity index is 1050. The van der Waals surface area contributed by atoms with E-state index in [0.717, 1.165) is 24.2 Å². The Hall–Kier alpha value is -2.57. The Labute approximate surface area is 188 Å². The van der Waals surface area contributed by atoms with E-state index in [4.69, 9.17) is 4.74 Å². The number of ether oxygens (including phenoxy) is 1. The molecule has 0 bridgehead atoms. The molecule has 1 atom stereocenters. The van der Waals surface area contributed by atoms with Gasteiger partial charge in [-0.2, -0.15) is 0 Å². The quantitative estimate of drug-likeness (QED) is 0.539. The van der Waals surface area contributed by atoms with Crippen molar-refractivity contribution in [1.29, 1.82) is 0 Å². The summed E-state index contributed by atoms with van der Waals surface area (Å²) in [6.45, 7) is 5.40. The minimum Gasteiger partial charge on any atom is -0.493 e. The number of thiophene rings is 1. The summed E-state index contributed by atoms with van der Waals surface area (Å²) < 4.78 is 7.52. The molecule has 2 aromatic heterocycles. The van der Waals surface area contributed by atoms with E-state index in [-0.39, 0.29) is 5.56 Å². The minimum absolute atomic E-state index is 0.0426. The number of anilines is 1. The Kier molecular flexibility index (Phi) is 7.10. The van der Waals surface area contributed by atoms with E-state index in [2.05, 4.69) is 53.8 Å². The SMILES string of the molecule is Cc1c(Cn2ccc(OCCc3cccs3)cc2=O)cccc1NCC1CCCN1C. The molecule has 1 saturated heterocycles. The number of hydrogen-bond acceptors (Lipinski definition) is 5. The highest BCUT2D eigenvalue weighted by molar-refractivity contribution is 7.09. The molecule has 0 amide bonds. The van der Waals surface area contributed by atoms with Gasteiger partial charge in [-0.1, -0.05) is 18.2 Å². The average Bonchev–Trinajstić information content (AvgIpc) is 3.42. The zero-order valence-corrected chi connectivity index (χ0v) is 19.2. The van der Waals surface area contributed by atoms with Crippen molar-refractivity contribution >= 4 is 17.0 Å². The zero-order chi connectivity index (χ0) is 21.6. The summed E-state index contributed by atoms with van der Waals surface area (Å²) in [5.41, 5.74) is 3.46. The molecule has 1 N–H and O–H groups in total. The average molecular weight is 438 g/mol. The molecule has 0 radical (unpaired) electrons. The number of hydrogen-bond donors (Lipinski definition) is 1. The van der Waals surface area contributed by atoms with Crippen LogP contribution in [0.4, 0.5) is 5.69 Å². The van der Waals surface area contributed by atoms with Crippen LogP contribution in [0.3, 0.4) is 0 Å². The molecule has 1 aliphatic rings. The van der Waals surface area contributed by atoms with Crippen molar-refractivity contribution in [2.24, 2.45) is 0 Å². The predicted octanol–water partition coefficient (Wildman–Crippen LogP) is 4.39. The van der Waals surface area contributed by atoms with Gasteiger partial charge in [-0.05, 0) is 68.1 Å². The van der Waals surface area contributed by atoms with Crippen LogP contribution in [0.25, 0.3) is 0 Å². The van der Waals surface area contributed by atoms with Crippen LogP contribution in [0.1, 0.15) is 28.8 Å². The number of benzene rings is 1. The van der Waals surface area contributed by atoms with Gasteiger partial charge in [-0.15, -0.1) is 11.3 Å².